The summed E-state index contributed by atoms with van der Waals surface area (Å²) >= 11 is 0. The van der Waals surface area contributed by atoms with Gasteiger partial charge in [-0.15, -0.1) is 0 Å². The number of hydrogen-bond acceptors (Lipinski definition) is 2. The smallest absolute Gasteiger partial charge is 0.0702 e. The second-order valence-electron chi connectivity index (χ2n) is 4.45. The first-order valence-electron chi connectivity index (χ1n) is 5.18. The third kappa shape index (κ3) is 1.27. The molecule has 0 spiro atoms. The lowest BCUT2D eigenvalue weighted by molar-refractivity contribution is -0.0823. The van der Waals surface area contributed by atoms with Gasteiger partial charge >= 0.3 is 0 Å². The Bertz CT molecular complexity index is 167. The molecule has 2 fully saturated rings. The summed E-state index contributed by atoms with van der Waals surface area (Å²) in [5, 5.41) is 13.8. The second-order valence-corrected chi connectivity index (χ2v) is 4.45. The molecule has 70 valence electrons. The van der Waals surface area contributed by atoms with Gasteiger partial charge in [0.2, 0.25) is 0 Å². The van der Waals surface area contributed by atoms with Crippen LogP contribution in [0.2, 0.25) is 0 Å². The van der Waals surface area contributed by atoms with Crippen molar-refractivity contribution < 1.29 is 5.11 Å². The Hall–Kier alpha value is -0.0800. The first-order valence-corrected chi connectivity index (χ1v) is 5.18. The monoisotopic (exact) mass is 169 g/mol. The molecule has 1 saturated heterocycles. The van der Waals surface area contributed by atoms with Crippen molar-refractivity contribution in [2.75, 3.05) is 6.54 Å². The molecule has 1 aliphatic carbocycles. The van der Waals surface area contributed by atoms with Gasteiger partial charge in [-0.25, -0.2) is 0 Å². The average Bonchev–Trinajstić information content (AvgIpc) is 2.04. The fourth-order valence-electron chi connectivity index (χ4n) is 2.93. The summed E-state index contributed by atoms with van der Waals surface area (Å²) in [6.07, 6.45) is 5.73. The number of rotatable bonds is 0. The Balaban J connectivity index is 2.12. The van der Waals surface area contributed by atoms with Crippen molar-refractivity contribution in [3.63, 3.8) is 0 Å². The predicted octanol–water partition coefficient (Wildman–Crippen LogP) is 1.29. The number of piperidine rings is 1. The molecule has 2 rings (SSSR count). The van der Waals surface area contributed by atoms with Gasteiger partial charge in [0.25, 0.3) is 0 Å². The van der Waals surface area contributed by atoms with Crippen molar-refractivity contribution in [2.24, 2.45) is 5.92 Å². The largest absolute Gasteiger partial charge is 0.389 e. The highest BCUT2D eigenvalue weighted by atomic mass is 16.3. The van der Waals surface area contributed by atoms with Gasteiger partial charge in [0.05, 0.1) is 5.60 Å². The highest BCUT2D eigenvalue weighted by molar-refractivity contribution is 4.98. The molecule has 0 bridgehead atoms. The Morgan fingerprint density at radius 1 is 1.33 bits per heavy atom. The highest BCUT2D eigenvalue weighted by Gasteiger charge is 2.43. The molecule has 0 aromatic carbocycles. The van der Waals surface area contributed by atoms with Gasteiger partial charge in [-0.2, -0.15) is 0 Å². The predicted molar refractivity (Wildman–Crippen MR) is 49.0 cm³/mol. The van der Waals surface area contributed by atoms with E-state index in [0.29, 0.717) is 12.0 Å². The topological polar surface area (TPSA) is 32.3 Å². The fourth-order valence-corrected chi connectivity index (χ4v) is 2.93. The van der Waals surface area contributed by atoms with Crippen LogP contribution in [-0.2, 0) is 0 Å². The summed E-state index contributed by atoms with van der Waals surface area (Å²) < 4.78 is 0. The van der Waals surface area contributed by atoms with E-state index >= 15 is 0 Å². The van der Waals surface area contributed by atoms with E-state index in [0.717, 1.165) is 19.4 Å². The Labute approximate surface area is 74.4 Å². The Morgan fingerprint density at radius 2 is 2.17 bits per heavy atom. The van der Waals surface area contributed by atoms with Crippen molar-refractivity contribution in [1.82, 2.24) is 5.32 Å². The summed E-state index contributed by atoms with van der Waals surface area (Å²) in [6, 6.07) is 0.518. The molecule has 0 amide bonds. The standard InChI is InChI=1S/C10H19NO/c1-8-9-4-2-3-5-10(9,12)6-7-11-8/h8-9,11-12H,2-7H2,1H3/t8-,9-,10-/m0/s1. The molecule has 1 heterocycles. The number of aliphatic hydroxyl groups is 1. The molecule has 2 aliphatic rings. The summed E-state index contributed by atoms with van der Waals surface area (Å²) in [7, 11) is 0. The molecule has 0 radical (unpaired) electrons. The van der Waals surface area contributed by atoms with E-state index in [9.17, 15) is 5.11 Å². The minimum atomic E-state index is -0.317. The number of fused-ring (bicyclic) bond motifs is 1. The van der Waals surface area contributed by atoms with Crippen LogP contribution in [0.5, 0.6) is 0 Å². The molecule has 1 saturated carbocycles. The van der Waals surface area contributed by atoms with E-state index in [1.54, 1.807) is 0 Å². The maximum Gasteiger partial charge on any atom is 0.0702 e. The molecule has 12 heavy (non-hydrogen) atoms. The second kappa shape index (κ2) is 3.00. The quantitative estimate of drug-likeness (QED) is 0.572. The minimum absolute atomic E-state index is 0.317. The first-order chi connectivity index (χ1) is 5.72. The van der Waals surface area contributed by atoms with Crippen molar-refractivity contribution in [1.29, 1.82) is 0 Å². The van der Waals surface area contributed by atoms with Gasteiger partial charge in [-0.3, -0.25) is 0 Å². The molecule has 3 atom stereocenters. The van der Waals surface area contributed by atoms with Crippen LogP contribution in [-0.4, -0.2) is 23.3 Å². The normalized spacial score (nSPS) is 48.5. The minimum Gasteiger partial charge on any atom is -0.389 e. The van der Waals surface area contributed by atoms with Crippen molar-refractivity contribution in [3.8, 4) is 0 Å². The molecular formula is C10H19NO. The molecule has 0 aromatic rings. The third-order valence-electron chi connectivity index (χ3n) is 3.69. The lowest BCUT2D eigenvalue weighted by Gasteiger charge is -2.47. The van der Waals surface area contributed by atoms with Gasteiger partial charge in [-0.05, 0) is 32.7 Å². The molecule has 2 N–H and O–H groups in total. The molecule has 1 aliphatic heterocycles. The maximum absolute atomic E-state index is 10.3. The lowest BCUT2D eigenvalue weighted by Crippen LogP contribution is -2.56. The van der Waals surface area contributed by atoms with Crippen LogP contribution < -0.4 is 5.32 Å². The van der Waals surface area contributed by atoms with Gasteiger partial charge < -0.3 is 10.4 Å². The van der Waals surface area contributed by atoms with E-state index in [1.807, 2.05) is 0 Å². The molecule has 0 aromatic heterocycles. The highest BCUT2D eigenvalue weighted by Crippen LogP contribution is 2.40. The van der Waals surface area contributed by atoms with E-state index in [2.05, 4.69) is 12.2 Å². The van der Waals surface area contributed by atoms with Gasteiger partial charge in [-0.1, -0.05) is 12.8 Å². The van der Waals surface area contributed by atoms with Gasteiger partial charge in [0.15, 0.2) is 0 Å². The van der Waals surface area contributed by atoms with Crippen LogP contribution in [0.15, 0.2) is 0 Å². The van der Waals surface area contributed by atoms with Crippen molar-refractivity contribution in [2.45, 2.75) is 50.7 Å². The van der Waals surface area contributed by atoms with Crippen molar-refractivity contribution >= 4 is 0 Å². The third-order valence-corrected chi connectivity index (χ3v) is 3.69. The first kappa shape index (κ1) is 8.52. The fraction of sp³-hybridized carbons (Fsp3) is 1.00. The van der Waals surface area contributed by atoms with E-state index < -0.39 is 0 Å². The van der Waals surface area contributed by atoms with Gasteiger partial charge in [0.1, 0.15) is 0 Å². The zero-order valence-corrected chi connectivity index (χ0v) is 7.84. The molecule has 0 unspecified atom stereocenters. The van der Waals surface area contributed by atoms with Crippen LogP contribution >= 0.6 is 0 Å². The molecular weight excluding hydrogens is 150 g/mol. The zero-order valence-electron chi connectivity index (χ0n) is 7.84. The van der Waals surface area contributed by atoms with E-state index in [-0.39, 0.29) is 5.60 Å². The number of nitrogens with one attached hydrogen (secondary N) is 1. The van der Waals surface area contributed by atoms with Gasteiger partial charge in [0, 0.05) is 12.0 Å². The molecule has 2 nitrogen and oxygen atoms in total. The van der Waals surface area contributed by atoms with E-state index in [1.165, 1.54) is 19.3 Å². The van der Waals surface area contributed by atoms with Crippen LogP contribution in [0.4, 0.5) is 0 Å². The average molecular weight is 169 g/mol. The summed E-state index contributed by atoms with van der Waals surface area (Å²) in [4.78, 5) is 0. The van der Waals surface area contributed by atoms with E-state index in [4.69, 9.17) is 0 Å². The Kier molecular flexibility index (Phi) is 2.13. The summed E-state index contributed by atoms with van der Waals surface area (Å²) in [5.74, 6) is 0.514. The maximum atomic E-state index is 10.3. The summed E-state index contributed by atoms with van der Waals surface area (Å²) in [6.45, 7) is 3.20. The lowest BCUT2D eigenvalue weighted by atomic mass is 9.68. The van der Waals surface area contributed by atoms with Crippen LogP contribution in [0, 0.1) is 5.92 Å². The number of hydrogen-bond donors (Lipinski definition) is 2. The van der Waals surface area contributed by atoms with Crippen LogP contribution in [0.1, 0.15) is 39.0 Å². The molecule has 2 heteroatoms. The zero-order chi connectivity index (χ0) is 8.60. The van der Waals surface area contributed by atoms with Crippen LogP contribution in [0.25, 0.3) is 0 Å². The summed E-state index contributed by atoms with van der Waals surface area (Å²) in [5.41, 5.74) is -0.317. The van der Waals surface area contributed by atoms with Crippen LogP contribution in [0.3, 0.4) is 0 Å². The van der Waals surface area contributed by atoms with Crippen molar-refractivity contribution in [3.05, 3.63) is 0 Å². The SMILES string of the molecule is C[C@@H]1NCC[C@@]2(O)CCCC[C@@H]12. The Morgan fingerprint density at radius 3 is 2.92 bits per heavy atom.